The number of benzene rings is 1. The summed E-state index contributed by atoms with van der Waals surface area (Å²) in [6.45, 7) is 2.13. The predicted octanol–water partition coefficient (Wildman–Crippen LogP) is 4.53. The first-order chi connectivity index (χ1) is 10.7. The Morgan fingerprint density at radius 2 is 2.05 bits per heavy atom. The van der Waals surface area contributed by atoms with Crippen LogP contribution in [0.4, 0.5) is 5.69 Å². The molecule has 0 aliphatic rings. The molecular weight excluding hydrogens is 296 g/mol. The van der Waals surface area contributed by atoms with Crippen molar-refractivity contribution in [3.63, 3.8) is 0 Å². The van der Waals surface area contributed by atoms with Crippen LogP contribution in [0.3, 0.4) is 0 Å². The molecule has 0 radical (unpaired) electrons. The summed E-state index contributed by atoms with van der Waals surface area (Å²) < 4.78 is 0. The lowest BCUT2D eigenvalue weighted by Gasteiger charge is -2.05. The van der Waals surface area contributed by atoms with E-state index in [-0.39, 0.29) is 5.91 Å². The normalized spacial score (nSPS) is 9.73. The Labute approximate surface area is 135 Å². The number of carbonyl (C=O) groups excluding carboxylic acids is 1. The lowest BCUT2D eigenvalue weighted by Crippen LogP contribution is -2.12. The average molecular weight is 313 g/mol. The van der Waals surface area contributed by atoms with E-state index in [0.717, 1.165) is 24.8 Å². The zero-order chi connectivity index (χ0) is 15.8. The molecule has 0 unspecified atom stereocenters. The largest absolute Gasteiger partial charge is 0.322 e. The SMILES string of the molecule is CCCCC#Cc1cncc(C(=O)Nc2ccc(Cl)cc2)c1. The second-order valence-corrected chi connectivity index (χ2v) is 5.27. The summed E-state index contributed by atoms with van der Waals surface area (Å²) in [4.78, 5) is 16.3. The topological polar surface area (TPSA) is 42.0 Å². The van der Waals surface area contributed by atoms with Crippen LogP contribution in [0.1, 0.15) is 42.1 Å². The molecule has 4 heteroatoms. The van der Waals surface area contributed by atoms with Gasteiger partial charge in [-0.1, -0.05) is 36.8 Å². The standard InChI is InChI=1S/C18H17ClN2O/c1-2-3-4-5-6-14-11-15(13-20-12-14)18(22)21-17-9-7-16(19)8-10-17/h7-13H,2-4H2,1H3,(H,21,22). The zero-order valence-electron chi connectivity index (χ0n) is 12.4. The van der Waals surface area contributed by atoms with Crippen molar-refractivity contribution >= 4 is 23.2 Å². The lowest BCUT2D eigenvalue weighted by atomic mass is 10.2. The molecule has 112 valence electrons. The maximum Gasteiger partial charge on any atom is 0.257 e. The Bertz CT molecular complexity index is 699. The highest BCUT2D eigenvalue weighted by atomic mass is 35.5. The molecule has 0 saturated heterocycles. The number of unbranched alkanes of at least 4 members (excludes halogenated alkanes) is 2. The molecule has 1 aromatic heterocycles. The van der Waals surface area contributed by atoms with E-state index >= 15 is 0 Å². The fourth-order valence-corrected chi connectivity index (χ4v) is 1.92. The monoisotopic (exact) mass is 312 g/mol. The van der Waals surface area contributed by atoms with Gasteiger partial charge in [0.2, 0.25) is 0 Å². The molecule has 1 aromatic carbocycles. The van der Waals surface area contributed by atoms with Crippen molar-refractivity contribution in [1.29, 1.82) is 0 Å². The molecule has 1 amide bonds. The molecular formula is C18H17ClN2O. The summed E-state index contributed by atoms with van der Waals surface area (Å²) in [5.74, 6) is 5.91. The number of hydrogen-bond acceptors (Lipinski definition) is 2. The number of aromatic nitrogens is 1. The summed E-state index contributed by atoms with van der Waals surface area (Å²) >= 11 is 5.82. The van der Waals surface area contributed by atoms with Crippen LogP contribution in [-0.4, -0.2) is 10.9 Å². The quantitative estimate of drug-likeness (QED) is 0.665. The van der Waals surface area contributed by atoms with Crippen molar-refractivity contribution in [2.75, 3.05) is 5.32 Å². The Balaban J connectivity index is 2.06. The maximum absolute atomic E-state index is 12.2. The van der Waals surface area contributed by atoms with Gasteiger partial charge in [0.05, 0.1) is 5.56 Å². The van der Waals surface area contributed by atoms with Gasteiger partial charge in [-0.25, -0.2) is 0 Å². The second-order valence-electron chi connectivity index (χ2n) is 4.83. The number of pyridine rings is 1. The number of anilines is 1. The first-order valence-electron chi connectivity index (χ1n) is 7.20. The molecule has 0 fully saturated rings. The minimum atomic E-state index is -0.216. The Morgan fingerprint density at radius 3 is 2.77 bits per heavy atom. The zero-order valence-corrected chi connectivity index (χ0v) is 13.2. The van der Waals surface area contributed by atoms with E-state index in [0.29, 0.717) is 16.3 Å². The van der Waals surface area contributed by atoms with Crippen LogP contribution in [0.5, 0.6) is 0 Å². The van der Waals surface area contributed by atoms with Gasteiger partial charge in [-0.15, -0.1) is 0 Å². The maximum atomic E-state index is 12.2. The van der Waals surface area contributed by atoms with Gasteiger partial charge in [0.15, 0.2) is 0 Å². The Morgan fingerprint density at radius 1 is 1.27 bits per heavy atom. The molecule has 2 rings (SSSR count). The van der Waals surface area contributed by atoms with Crippen LogP contribution < -0.4 is 5.32 Å². The number of amides is 1. The van der Waals surface area contributed by atoms with Gasteiger partial charge in [-0.2, -0.15) is 0 Å². The van der Waals surface area contributed by atoms with Crippen LogP contribution in [0.15, 0.2) is 42.7 Å². The van der Waals surface area contributed by atoms with Crippen molar-refractivity contribution < 1.29 is 4.79 Å². The smallest absolute Gasteiger partial charge is 0.257 e. The van der Waals surface area contributed by atoms with Crippen LogP contribution in [0.2, 0.25) is 5.02 Å². The van der Waals surface area contributed by atoms with Crippen LogP contribution in [0, 0.1) is 11.8 Å². The van der Waals surface area contributed by atoms with E-state index in [2.05, 4.69) is 29.1 Å². The van der Waals surface area contributed by atoms with Crippen molar-refractivity contribution in [2.24, 2.45) is 0 Å². The molecule has 1 N–H and O–H groups in total. The lowest BCUT2D eigenvalue weighted by molar-refractivity contribution is 0.102. The third kappa shape index (κ3) is 4.91. The van der Waals surface area contributed by atoms with Gasteiger partial charge < -0.3 is 5.32 Å². The molecule has 0 spiro atoms. The summed E-state index contributed by atoms with van der Waals surface area (Å²) in [5.41, 5.74) is 1.92. The van der Waals surface area contributed by atoms with Crippen molar-refractivity contribution in [3.8, 4) is 11.8 Å². The Kier molecular flexibility index (Phi) is 6.00. The first-order valence-corrected chi connectivity index (χ1v) is 7.57. The number of nitrogens with one attached hydrogen (secondary N) is 1. The summed E-state index contributed by atoms with van der Waals surface area (Å²) in [7, 11) is 0. The fourth-order valence-electron chi connectivity index (χ4n) is 1.80. The van der Waals surface area contributed by atoms with Crippen molar-refractivity contribution in [3.05, 3.63) is 58.9 Å². The minimum absolute atomic E-state index is 0.216. The molecule has 0 bridgehead atoms. The summed E-state index contributed by atoms with van der Waals surface area (Å²) in [6, 6.07) is 8.71. The van der Waals surface area contributed by atoms with Crippen molar-refractivity contribution in [2.45, 2.75) is 26.2 Å². The second kappa shape index (κ2) is 8.21. The van der Waals surface area contributed by atoms with Gasteiger partial charge >= 0.3 is 0 Å². The Hall–Kier alpha value is -2.31. The van der Waals surface area contributed by atoms with E-state index in [9.17, 15) is 4.79 Å². The van der Waals surface area contributed by atoms with Gasteiger partial charge in [-0.3, -0.25) is 9.78 Å². The van der Waals surface area contributed by atoms with E-state index < -0.39 is 0 Å². The van der Waals surface area contributed by atoms with E-state index in [1.54, 1.807) is 36.5 Å². The number of nitrogens with zero attached hydrogens (tertiary/aromatic N) is 1. The van der Waals surface area contributed by atoms with Gasteiger partial charge in [0.25, 0.3) is 5.91 Å². The van der Waals surface area contributed by atoms with E-state index in [1.807, 2.05) is 0 Å². The number of carbonyl (C=O) groups is 1. The van der Waals surface area contributed by atoms with Crippen LogP contribution in [0.25, 0.3) is 0 Å². The summed E-state index contributed by atoms with van der Waals surface area (Å²) in [6.07, 6.45) is 6.26. The third-order valence-electron chi connectivity index (χ3n) is 2.99. The van der Waals surface area contributed by atoms with Gasteiger partial charge in [0.1, 0.15) is 0 Å². The average Bonchev–Trinajstić information content (AvgIpc) is 2.54. The molecule has 2 aromatic rings. The van der Waals surface area contributed by atoms with Gasteiger partial charge in [0, 0.05) is 35.1 Å². The molecule has 1 heterocycles. The highest BCUT2D eigenvalue weighted by Gasteiger charge is 2.07. The summed E-state index contributed by atoms with van der Waals surface area (Å²) in [5, 5.41) is 3.43. The number of rotatable bonds is 4. The molecule has 0 aliphatic heterocycles. The van der Waals surface area contributed by atoms with E-state index in [1.165, 1.54) is 6.20 Å². The molecule has 0 aliphatic carbocycles. The van der Waals surface area contributed by atoms with Crippen molar-refractivity contribution in [1.82, 2.24) is 4.98 Å². The molecule has 22 heavy (non-hydrogen) atoms. The van der Waals surface area contributed by atoms with Crippen LogP contribution >= 0.6 is 11.6 Å². The van der Waals surface area contributed by atoms with Gasteiger partial charge in [-0.05, 0) is 36.8 Å². The molecule has 0 atom stereocenters. The minimum Gasteiger partial charge on any atom is -0.322 e. The molecule has 0 saturated carbocycles. The highest BCUT2D eigenvalue weighted by Crippen LogP contribution is 2.14. The fraction of sp³-hybridized carbons (Fsp3) is 0.222. The third-order valence-corrected chi connectivity index (χ3v) is 3.24. The van der Waals surface area contributed by atoms with E-state index in [4.69, 9.17) is 11.6 Å². The predicted molar refractivity (Wildman–Crippen MR) is 90.0 cm³/mol. The highest BCUT2D eigenvalue weighted by molar-refractivity contribution is 6.30. The first kappa shape index (κ1) is 16.1. The number of halogens is 1. The van der Waals surface area contributed by atoms with Crippen LogP contribution in [-0.2, 0) is 0 Å². The molecule has 3 nitrogen and oxygen atoms in total. The number of hydrogen-bond donors (Lipinski definition) is 1.